The molecule has 5 rings (SSSR count). The minimum absolute atomic E-state index is 0.324. The molecule has 2 saturated carbocycles. The van der Waals surface area contributed by atoms with E-state index in [9.17, 15) is 10.2 Å². The van der Waals surface area contributed by atoms with Crippen molar-refractivity contribution in [2.75, 3.05) is 0 Å². The summed E-state index contributed by atoms with van der Waals surface area (Å²) in [7, 11) is 0. The highest BCUT2D eigenvalue weighted by Gasteiger charge is 2.61. The lowest BCUT2D eigenvalue weighted by atomic mass is 9.84. The first-order valence-electron chi connectivity index (χ1n) is 11.7. The van der Waals surface area contributed by atoms with Crippen LogP contribution in [0.25, 0.3) is 0 Å². The Hall–Kier alpha value is -1.80. The first-order chi connectivity index (χ1) is 15.7. The molecule has 3 fully saturated rings. The van der Waals surface area contributed by atoms with Gasteiger partial charge in [0.2, 0.25) is 0 Å². The average molecular weight is 441 g/mol. The summed E-state index contributed by atoms with van der Waals surface area (Å²) < 4.78 is 25.3. The molecule has 6 heteroatoms. The number of hydrogen-bond donors (Lipinski definition) is 2. The number of fused-ring (bicyclic) bond motifs is 1. The molecule has 2 aliphatic carbocycles. The molecule has 1 saturated heterocycles. The van der Waals surface area contributed by atoms with Crippen LogP contribution in [0.1, 0.15) is 43.2 Å². The zero-order chi connectivity index (χ0) is 22.0. The molecule has 2 aromatic rings. The van der Waals surface area contributed by atoms with Gasteiger partial charge in [-0.2, -0.15) is 0 Å². The fraction of sp³-hybridized carbons (Fsp3) is 0.538. The fourth-order valence-electron chi connectivity index (χ4n) is 5.19. The Morgan fingerprint density at radius 3 is 1.56 bits per heavy atom. The Morgan fingerprint density at radius 2 is 1.12 bits per heavy atom. The van der Waals surface area contributed by atoms with Gasteiger partial charge >= 0.3 is 0 Å². The largest absolute Gasteiger partial charge is 0.387 e. The number of benzene rings is 2. The van der Waals surface area contributed by atoms with E-state index in [4.69, 9.17) is 18.9 Å². The molecule has 0 aromatic heterocycles. The number of aliphatic hydroxyl groups is 2. The maximum absolute atomic E-state index is 11.0. The molecular weight excluding hydrogens is 408 g/mol. The van der Waals surface area contributed by atoms with Gasteiger partial charge < -0.3 is 29.2 Å². The highest BCUT2D eigenvalue weighted by Crippen LogP contribution is 2.46. The Kier molecular flexibility index (Phi) is 6.60. The Labute approximate surface area is 189 Å². The summed E-state index contributed by atoms with van der Waals surface area (Å²) >= 11 is 0. The number of aliphatic hydroxyl groups excluding tert-OH is 2. The van der Waals surface area contributed by atoms with Crippen LogP contribution in [0.2, 0.25) is 0 Å². The Bertz CT molecular complexity index is 788. The van der Waals surface area contributed by atoms with Crippen molar-refractivity contribution in [1.29, 1.82) is 0 Å². The molecule has 1 aliphatic heterocycles. The van der Waals surface area contributed by atoms with Crippen LogP contribution >= 0.6 is 0 Å². The third-order valence-electron chi connectivity index (χ3n) is 6.88. The maximum atomic E-state index is 11.0. The number of hydrogen-bond acceptors (Lipinski definition) is 6. The van der Waals surface area contributed by atoms with Crippen molar-refractivity contribution in [2.45, 2.75) is 87.7 Å². The summed E-state index contributed by atoms with van der Waals surface area (Å²) in [5, 5.41) is 22.1. The fourth-order valence-corrected chi connectivity index (χ4v) is 5.19. The molecule has 0 bridgehead atoms. The van der Waals surface area contributed by atoms with E-state index in [2.05, 4.69) is 0 Å². The summed E-state index contributed by atoms with van der Waals surface area (Å²) in [6, 6.07) is 19.6. The Balaban J connectivity index is 1.36. The van der Waals surface area contributed by atoms with E-state index in [0.717, 1.165) is 43.2 Å². The minimum atomic E-state index is -1.14. The van der Waals surface area contributed by atoms with E-state index in [1.807, 2.05) is 60.7 Å². The molecule has 6 atom stereocenters. The standard InChI is InChI=1S/C26H32O6/c27-20-21(28)23(30-17-19-12-6-2-7-13-19)25-24(31-26(32-25)14-8-3-9-15-26)22(20)29-16-18-10-4-1-5-11-18/h1-2,4-7,10-13,20-25,27-28H,3,8-9,14-17H2/t20-,21+,22-,23-,24+,25+/m1/s1. The molecule has 0 unspecified atom stereocenters. The van der Waals surface area contributed by atoms with Gasteiger partial charge in [-0.1, -0.05) is 67.1 Å². The third-order valence-corrected chi connectivity index (χ3v) is 6.88. The third kappa shape index (κ3) is 4.49. The van der Waals surface area contributed by atoms with Crippen LogP contribution in [-0.4, -0.2) is 52.6 Å². The average Bonchev–Trinajstić information content (AvgIpc) is 3.19. The molecular formula is C26H32O6. The first kappa shape index (κ1) is 22.0. The second-order valence-corrected chi connectivity index (χ2v) is 9.14. The normalized spacial score (nSPS) is 33.8. The summed E-state index contributed by atoms with van der Waals surface area (Å²) in [6.07, 6.45) is 0.174. The molecule has 2 N–H and O–H groups in total. The molecule has 1 heterocycles. The van der Waals surface area contributed by atoms with Crippen molar-refractivity contribution in [3.05, 3.63) is 71.8 Å². The van der Waals surface area contributed by atoms with Crippen LogP contribution in [0.4, 0.5) is 0 Å². The Morgan fingerprint density at radius 1 is 0.688 bits per heavy atom. The molecule has 0 amide bonds. The topological polar surface area (TPSA) is 77.4 Å². The molecule has 172 valence electrons. The lowest BCUT2D eigenvalue weighted by Crippen LogP contribution is -2.63. The van der Waals surface area contributed by atoms with Crippen molar-refractivity contribution in [1.82, 2.24) is 0 Å². The lowest BCUT2D eigenvalue weighted by Gasteiger charge is -2.43. The van der Waals surface area contributed by atoms with Gasteiger partial charge in [-0.15, -0.1) is 0 Å². The van der Waals surface area contributed by atoms with Crippen LogP contribution in [0, 0.1) is 0 Å². The van der Waals surface area contributed by atoms with Gasteiger partial charge in [0.1, 0.15) is 36.6 Å². The molecule has 6 nitrogen and oxygen atoms in total. The molecule has 2 aromatic carbocycles. The summed E-state index contributed by atoms with van der Waals surface area (Å²) in [4.78, 5) is 0. The SMILES string of the molecule is O[C@@H]1[C@H](O)[C@@H](OCc2ccccc2)[C@@H]2OC3(CCCCC3)O[C@H]2[C@@H]1OCc1ccccc1. The van der Waals surface area contributed by atoms with Gasteiger partial charge in [0.15, 0.2) is 5.79 Å². The second kappa shape index (κ2) is 9.59. The summed E-state index contributed by atoms with van der Waals surface area (Å²) in [5.41, 5.74) is 2.00. The molecule has 0 radical (unpaired) electrons. The zero-order valence-corrected chi connectivity index (χ0v) is 18.2. The smallest absolute Gasteiger partial charge is 0.169 e. The molecule has 3 aliphatic rings. The highest BCUT2D eigenvalue weighted by atomic mass is 16.8. The van der Waals surface area contributed by atoms with Gasteiger partial charge in [0.25, 0.3) is 0 Å². The van der Waals surface area contributed by atoms with Crippen LogP contribution in [-0.2, 0) is 32.2 Å². The maximum Gasteiger partial charge on any atom is 0.169 e. The van der Waals surface area contributed by atoms with Gasteiger partial charge in [-0.25, -0.2) is 0 Å². The zero-order valence-electron chi connectivity index (χ0n) is 18.2. The van der Waals surface area contributed by atoms with E-state index in [0.29, 0.717) is 13.2 Å². The van der Waals surface area contributed by atoms with E-state index < -0.39 is 42.4 Å². The molecule has 32 heavy (non-hydrogen) atoms. The number of rotatable bonds is 6. The van der Waals surface area contributed by atoms with Crippen molar-refractivity contribution < 1.29 is 29.2 Å². The summed E-state index contributed by atoms with van der Waals surface area (Å²) in [5.74, 6) is -0.680. The van der Waals surface area contributed by atoms with Crippen molar-refractivity contribution in [3.63, 3.8) is 0 Å². The van der Waals surface area contributed by atoms with Crippen molar-refractivity contribution in [3.8, 4) is 0 Å². The van der Waals surface area contributed by atoms with Gasteiger partial charge in [0.05, 0.1) is 13.2 Å². The van der Waals surface area contributed by atoms with E-state index in [1.165, 1.54) is 0 Å². The van der Waals surface area contributed by atoms with Crippen LogP contribution < -0.4 is 0 Å². The quantitative estimate of drug-likeness (QED) is 0.718. The second-order valence-electron chi connectivity index (χ2n) is 9.14. The van der Waals surface area contributed by atoms with Crippen molar-refractivity contribution >= 4 is 0 Å². The predicted molar refractivity (Wildman–Crippen MR) is 118 cm³/mol. The van der Waals surface area contributed by atoms with Crippen molar-refractivity contribution in [2.24, 2.45) is 0 Å². The lowest BCUT2D eigenvalue weighted by molar-refractivity contribution is -0.223. The van der Waals surface area contributed by atoms with Crippen LogP contribution in [0.15, 0.2) is 60.7 Å². The van der Waals surface area contributed by atoms with Crippen LogP contribution in [0.3, 0.4) is 0 Å². The van der Waals surface area contributed by atoms with E-state index in [-0.39, 0.29) is 0 Å². The highest BCUT2D eigenvalue weighted by molar-refractivity contribution is 5.15. The number of ether oxygens (including phenoxy) is 4. The van der Waals surface area contributed by atoms with E-state index in [1.54, 1.807) is 0 Å². The molecule has 1 spiro atoms. The van der Waals surface area contributed by atoms with Gasteiger partial charge in [0, 0.05) is 12.8 Å². The predicted octanol–water partition coefficient (Wildman–Crippen LogP) is 3.34. The summed E-state index contributed by atoms with van der Waals surface area (Å²) in [6.45, 7) is 0.648. The minimum Gasteiger partial charge on any atom is -0.387 e. The monoisotopic (exact) mass is 440 g/mol. The van der Waals surface area contributed by atoms with Crippen LogP contribution in [0.5, 0.6) is 0 Å². The van der Waals surface area contributed by atoms with Gasteiger partial charge in [-0.05, 0) is 24.0 Å². The first-order valence-corrected chi connectivity index (χ1v) is 11.7. The van der Waals surface area contributed by atoms with E-state index >= 15 is 0 Å². The van der Waals surface area contributed by atoms with Gasteiger partial charge in [-0.3, -0.25) is 0 Å².